The summed E-state index contributed by atoms with van der Waals surface area (Å²) in [6.45, 7) is 0.897. The average Bonchev–Trinajstić information content (AvgIpc) is 3.38. The van der Waals surface area contributed by atoms with Gasteiger partial charge in [-0.1, -0.05) is 30.3 Å². The fourth-order valence-corrected chi connectivity index (χ4v) is 5.14. The van der Waals surface area contributed by atoms with Crippen molar-refractivity contribution in [3.05, 3.63) is 102 Å². The summed E-state index contributed by atoms with van der Waals surface area (Å²) in [6, 6.07) is 15.3. The molecule has 39 heavy (non-hydrogen) atoms. The number of halogens is 3. The number of nitrogens with zero attached hydrogens (tertiary/aromatic N) is 4. The minimum absolute atomic E-state index is 0.0631. The monoisotopic (exact) mass is 530 g/mol. The van der Waals surface area contributed by atoms with E-state index in [1.165, 1.54) is 30.5 Å². The van der Waals surface area contributed by atoms with E-state index in [9.17, 15) is 22.8 Å². The molecule has 0 spiro atoms. The van der Waals surface area contributed by atoms with Crippen LogP contribution in [0.15, 0.2) is 84.4 Å². The molecule has 0 fully saturated rings. The number of carbonyl (C=O) groups excluding carboxylic acids is 2. The van der Waals surface area contributed by atoms with Crippen molar-refractivity contribution in [1.82, 2.24) is 20.3 Å². The van der Waals surface area contributed by atoms with Gasteiger partial charge in [-0.25, -0.2) is 10.2 Å². The number of carbonyl (C=O) groups is 2. The molecule has 0 unspecified atom stereocenters. The number of hydrogen-bond acceptors (Lipinski definition) is 5. The van der Waals surface area contributed by atoms with E-state index in [0.29, 0.717) is 29.9 Å². The molecule has 2 aromatic carbocycles. The number of benzene rings is 2. The molecule has 0 radical (unpaired) electrons. The van der Waals surface area contributed by atoms with Crippen LogP contribution >= 0.6 is 0 Å². The Morgan fingerprint density at radius 1 is 0.974 bits per heavy atom. The molecular formula is C28H21F3N6O2. The first-order valence-electron chi connectivity index (χ1n) is 12.1. The zero-order chi connectivity index (χ0) is 27.2. The maximum Gasteiger partial charge on any atom is 0.407 e. The highest BCUT2D eigenvalue weighted by atomic mass is 19.4. The summed E-state index contributed by atoms with van der Waals surface area (Å²) < 4.78 is 44.4. The Morgan fingerprint density at radius 2 is 1.77 bits per heavy atom. The van der Waals surface area contributed by atoms with Crippen LogP contribution < -0.4 is 10.7 Å². The number of aromatic nitrogens is 2. The molecule has 2 aliphatic rings. The zero-order valence-corrected chi connectivity index (χ0v) is 20.4. The lowest BCUT2D eigenvalue weighted by atomic mass is 9.71. The summed E-state index contributed by atoms with van der Waals surface area (Å²) in [5, 5.41) is 7.03. The fourth-order valence-electron chi connectivity index (χ4n) is 5.14. The van der Waals surface area contributed by atoms with Crippen LogP contribution in [-0.4, -0.2) is 38.7 Å². The predicted octanol–water partition coefficient (Wildman–Crippen LogP) is 4.90. The second-order valence-corrected chi connectivity index (χ2v) is 9.46. The van der Waals surface area contributed by atoms with Crippen LogP contribution in [0, 0.1) is 0 Å². The molecule has 4 aromatic rings. The summed E-state index contributed by atoms with van der Waals surface area (Å²) in [4.78, 5) is 35.6. The topological polar surface area (TPSA) is 99.6 Å². The van der Waals surface area contributed by atoms with Gasteiger partial charge in [0.2, 0.25) is 0 Å². The number of amides is 3. The lowest BCUT2D eigenvalue weighted by Crippen LogP contribution is -2.57. The SMILES string of the molecule is O=C(Nc1ccc(C2=NNC(=O)[C@@](c3cccc4ncccc34)(C(F)(F)F)C2)cc1)N1Cc2ccncc2C1. The summed E-state index contributed by atoms with van der Waals surface area (Å²) >= 11 is 0. The number of hydrogen-bond donors (Lipinski definition) is 2. The van der Waals surface area contributed by atoms with E-state index in [4.69, 9.17) is 0 Å². The molecule has 2 N–H and O–H groups in total. The number of fused-ring (bicyclic) bond motifs is 2. The first kappa shape index (κ1) is 24.5. The van der Waals surface area contributed by atoms with Crippen LogP contribution in [0.25, 0.3) is 10.9 Å². The molecule has 196 valence electrons. The molecule has 2 aliphatic heterocycles. The lowest BCUT2D eigenvalue weighted by molar-refractivity contribution is -0.194. The molecular weight excluding hydrogens is 509 g/mol. The Bertz CT molecular complexity index is 1610. The Kier molecular flexibility index (Phi) is 5.78. The summed E-state index contributed by atoms with van der Waals surface area (Å²) in [5.41, 5.74) is 2.36. The van der Waals surface area contributed by atoms with E-state index in [0.717, 1.165) is 11.1 Å². The quantitative estimate of drug-likeness (QED) is 0.394. The smallest absolute Gasteiger partial charge is 0.316 e. The van der Waals surface area contributed by atoms with Crippen molar-refractivity contribution in [3.8, 4) is 0 Å². The zero-order valence-electron chi connectivity index (χ0n) is 20.4. The highest BCUT2D eigenvalue weighted by molar-refractivity contribution is 6.09. The van der Waals surface area contributed by atoms with E-state index in [1.807, 2.05) is 6.07 Å². The van der Waals surface area contributed by atoms with Gasteiger partial charge >= 0.3 is 12.2 Å². The van der Waals surface area contributed by atoms with Crippen molar-refractivity contribution in [2.75, 3.05) is 5.32 Å². The normalized spacial score (nSPS) is 18.9. The van der Waals surface area contributed by atoms with E-state index < -0.39 is 23.9 Å². The van der Waals surface area contributed by atoms with Gasteiger partial charge in [-0.15, -0.1) is 0 Å². The molecule has 6 rings (SSSR count). The van der Waals surface area contributed by atoms with Gasteiger partial charge in [0.15, 0.2) is 5.41 Å². The maximum atomic E-state index is 14.8. The van der Waals surface area contributed by atoms with Crippen molar-refractivity contribution in [1.29, 1.82) is 0 Å². The maximum absolute atomic E-state index is 14.8. The van der Waals surface area contributed by atoms with Crippen LogP contribution in [0.2, 0.25) is 0 Å². The summed E-state index contributed by atoms with van der Waals surface area (Å²) in [6.07, 6.45) is -0.710. The summed E-state index contributed by atoms with van der Waals surface area (Å²) in [7, 11) is 0. The van der Waals surface area contributed by atoms with Crippen molar-refractivity contribution < 1.29 is 22.8 Å². The number of alkyl halides is 3. The molecule has 4 heterocycles. The first-order chi connectivity index (χ1) is 18.8. The highest BCUT2D eigenvalue weighted by Crippen LogP contribution is 2.48. The third-order valence-electron chi connectivity index (χ3n) is 7.19. The highest BCUT2D eigenvalue weighted by Gasteiger charge is 2.63. The second kappa shape index (κ2) is 9.19. The standard InChI is InChI=1S/C28H21F3N6O2/c29-28(30,31)27(22-4-1-5-23-21(22)3-2-11-33-23)13-24(35-36-25(27)38)17-6-8-20(9-7-17)34-26(39)37-15-18-10-12-32-14-19(18)16-37/h1-12,14H,13,15-16H2,(H,34,39)(H,36,38)/t27-/m1/s1. The minimum Gasteiger partial charge on any atom is -0.316 e. The summed E-state index contributed by atoms with van der Waals surface area (Å²) in [5.74, 6) is -1.25. The Hall–Kier alpha value is -4.80. The van der Waals surface area contributed by atoms with Crippen molar-refractivity contribution in [2.24, 2.45) is 5.10 Å². The predicted molar refractivity (Wildman–Crippen MR) is 138 cm³/mol. The van der Waals surface area contributed by atoms with E-state index >= 15 is 0 Å². The molecule has 8 nitrogen and oxygen atoms in total. The Labute approximate surface area is 220 Å². The first-order valence-corrected chi connectivity index (χ1v) is 12.1. The van der Waals surface area contributed by atoms with Crippen LogP contribution in [0.4, 0.5) is 23.7 Å². The van der Waals surface area contributed by atoms with Crippen molar-refractivity contribution in [2.45, 2.75) is 31.1 Å². The van der Waals surface area contributed by atoms with E-state index in [2.05, 4.69) is 25.8 Å². The Morgan fingerprint density at radius 3 is 2.54 bits per heavy atom. The molecule has 11 heteroatoms. The molecule has 3 amide bonds. The van der Waals surface area contributed by atoms with Crippen LogP contribution in [0.1, 0.15) is 28.7 Å². The molecule has 2 aromatic heterocycles. The van der Waals surface area contributed by atoms with E-state index in [-0.39, 0.29) is 22.7 Å². The lowest BCUT2D eigenvalue weighted by Gasteiger charge is -2.37. The van der Waals surface area contributed by atoms with Gasteiger partial charge in [-0.2, -0.15) is 18.3 Å². The molecule has 1 atom stereocenters. The molecule has 0 saturated carbocycles. The number of hydrazone groups is 1. The third kappa shape index (κ3) is 4.15. The van der Waals surface area contributed by atoms with Gasteiger partial charge in [0.05, 0.1) is 11.2 Å². The van der Waals surface area contributed by atoms with Gasteiger partial charge in [0, 0.05) is 49.2 Å². The van der Waals surface area contributed by atoms with E-state index in [1.54, 1.807) is 47.6 Å². The largest absolute Gasteiger partial charge is 0.407 e. The number of urea groups is 1. The van der Waals surface area contributed by atoms with Crippen LogP contribution in [0.3, 0.4) is 0 Å². The van der Waals surface area contributed by atoms with Crippen LogP contribution in [0.5, 0.6) is 0 Å². The van der Waals surface area contributed by atoms with Gasteiger partial charge in [-0.05, 0) is 52.6 Å². The third-order valence-corrected chi connectivity index (χ3v) is 7.19. The molecule has 0 aliphatic carbocycles. The molecule has 0 saturated heterocycles. The minimum atomic E-state index is -4.92. The van der Waals surface area contributed by atoms with Gasteiger partial charge < -0.3 is 10.2 Å². The fraction of sp³-hybridized carbons (Fsp3) is 0.179. The van der Waals surface area contributed by atoms with Gasteiger partial charge in [0.25, 0.3) is 5.91 Å². The Balaban J connectivity index is 1.26. The number of anilines is 1. The number of pyridine rings is 2. The van der Waals surface area contributed by atoms with Crippen LogP contribution in [-0.2, 0) is 23.3 Å². The number of rotatable bonds is 3. The average molecular weight is 531 g/mol. The number of nitrogens with one attached hydrogen (secondary N) is 2. The van der Waals surface area contributed by atoms with Gasteiger partial charge in [-0.3, -0.25) is 14.8 Å². The molecule has 0 bridgehead atoms. The van der Waals surface area contributed by atoms with Crippen molar-refractivity contribution >= 4 is 34.2 Å². The second-order valence-electron chi connectivity index (χ2n) is 9.46. The van der Waals surface area contributed by atoms with Gasteiger partial charge in [0.1, 0.15) is 0 Å². The van der Waals surface area contributed by atoms with Crippen molar-refractivity contribution in [3.63, 3.8) is 0 Å².